The van der Waals surface area contributed by atoms with Gasteiger partial charge in [-0.25, -0.2) is 4.39 Å². The van der Waals surface area contributed by atoms with Gasteiger partial charge in [-0.1, -0.05) is 6.92 Å². The quantitative estimate of drug-likeness (QED) is 0.538. The molecule has 6 nitrogen and oxygen atoms in total. The van der Waals surface area contributed by atoms with Gasteiger partial charge in [-0.2, -0.15) is 0 Å². The zero-order valence-corrected chi connectivity index (χ0v) is 16.0. The van der Waals surface area contributed by atoms with Gasteiger partial charge in [-0.15, -0.1) is 0 Å². The van der Waals surface area contributed by atoms with Crippen LogP contribution in [0.3, 0.4) is 0 Å². The van der Waals surface area contributed by atoms with Gasteiger partial charge in [0.25, 0.3) is 0 Å². The minimum atomic E-state index is -0.228. The first-order valence-corrected chi connectivity index (χ1v) is 9.68. The highest BCUT2D eigenvalue weighted by atomic mass is 19.1. The number of nitrogens with one attached hydrogen (secondary N) is 3. The van der Waals surface area contributed by atoms with E-state index in [0.29, 0.717) is 13.0 Å². The highest BCUT2D eigenvalue weighted by molar-refractivity contribution is 5.83. The molecule has 0 spiro atoms. The summed E-state index contributed by atoms with van der Waals surface area (Å²) in [5, 5.41) is 7.60. The molecule has 1 aromatic heterocycles. The largest absolute Gasteiger partial charge is 0.361 e. The molecule has 1 aliphatic heterocycles. The summed E-state index contributed by atoms with van der Waals surface area (Å²) in [5.41, 5.74) is 2.00. The molecule has 2 aromatic rings. The second kappa shape index (κ2) is 8.88. The number of fused-ring (bicyclic) bond motifs is 1. The molecule has 3 rings (SSSR count). The van der Waals surface area contributed by atoms with Crippen LogP contribution in [-0.2, 0) is 11.2 Å². The summed E-state index contributed by atoms with van der Waals surface area (Å²) in [6, 6.07) is 5.00. The fourth-order valence-corrected chi connectivity index (χ4v) is 3.49. The number of carbonyl (C=O) groups is 1. The van der Waals surface area contributed by atoms with Gasteiger partial charge in [0.2, 0.25) is 5.91 Å². The molecule has 1 aromatic carbocycles. The zero-order chi connectivity index (χ0) is 19.2. The Bertz CT molecular complexity index is 816. The van der Waals surface area contributed by atoms with Crippen LogP contribution in [0.5, 0.6) is 0 Å². The van der Waals surface area contributed by atoms with Gasteiger partial charge < -0.3 is 20.5 Å². The first-order chi connectivity index (χ1) is 13.1. The van der Waals surface area contributed by atoms with E-state index >= 15 is 0 Å². The van der Waals surface area contributed by atoms with E-state index < -0.39 is 0 Å². The predicted molar refractivity (Wildman–Crippen MR) is 106 cm³/mol. The average Bonchev–Trinajstić information content (AvgIpc) is 3.28. The number of rotatable bonds is 6. The monoisotopic (exact) mass is 373 g/mol. The van der Waals surface area contributed by atoms with E-state index in [0.717, 1.165) is 54.9 Å². The molecule has 7 heteroatoms. The second-order valence-corrected chi connectivity index (χ2v) is 6.84. The molecule has 146 valence electrons. The van der Waals surface area contributed by atoms with Crippen molar-refractivity contribution >= 4 is 22.8 Å². The third-order valence-electron chi connectivity index (χ3n) is 4.91. The second-order valence-electron chi connectivity index (χ2n) is 6.84. The standard InChI is InChI=1S/C20H28FN5O/c1-3-19(27)26-10-8-16(13-26)25-20(22-4-2)23-9-7-14-12-24-18-6-5-15(21)11-17(14)18/h5-6,11-12,16,24H,3-4,7-10,13H2,1-2H3,(H2,22,23,25). The third kappa shape index (κ3) is 4.78. The Balaban J connectivity index is 1.59. The van der Waals surface area contributed by atoms with Crippen LogP contribution in [0.1, 0.15) is 32.3 Å². The summed E-state index contributed by atoms with van der Waals surface area (Å²) in [6.45, 7) is 6.81. The SMILES string of the molecule is CCNC(=NCCc1c[nH]c2ccc(F)cc12)NC1CCN(C(=O)CC)C1. The number of aromatic amines is 1. The summed E-state index contributed by atoms with van der Waals surface area (Å²) in [5.74, 6) is 0.737. The van der Waals surface area contributed by atoms with Crippen molar-refractivity contribution in [3.8, 4) is 0 Å². The molecule has 0 bridgehead atoms. The number of nitrogens with zero attached hydrogens (tertiary/aromatic N) is 2. The lowest BCUT2D eigenvalue weighted by Crippen LogP contribution is -2.45. The lowest BCUT2D eigenvalue weighted by atomic mass is 10.1. The molecule has 27 heavy (non-hydrogen) atoms. The molecule has 1 amide bonds. The minimum absolute atomic E-state index is 0.202. The molecular formula is C20H28FN5O. The number of likely N-dealkylation sites (tertiary alicyclic amines) is 1. The van der Waals surface area contributed by atoms with Gasteiger partial charge in [-0.3, -0.25) is 9.79 Å². The van der Waals surface area contributed by atoms with E-state index in [-0.39, 0.29) is 17.8 Å². The Hall–Kier alpha value is -2.57. The van der Waals surface area contributed by atoms with Crippen molar-refractivity contribution in [3.05, 3.63) is 35.8 Å². The zero-order valence-electron chi connectivity index (χ0n) is 16.0. The van der Waals surface area contributed by atoms with Gasteiger partial charge >= 0.3 is 0 Å². The molecule has 3 N–H and O–H groups in total. The van der Waals surface area contributed by atoms with Crippen molar-refractivity contribution in [2.45, 2.75) is 39.2 Å². The number of benzene rings is 1. The molecule has 0 radical (unpaired) electrons. The van der Waals surface area contributed by atoms with Crippen molar-refractivity contribution < 1.29 is 9.18 Å². The van der Waals surface area contributed by atoms with Gasteiger partial charge in [0.15, 0.2) is 5.96 Å². The number of halogens is 1. The normalized spacial score (nSPS) is 17.5. The van der Waals surface area contributed by atoms with Crippen LogP contribution in [0.4, 0.5) is 4.39 Å². The molecule has 1 fully saturated rings. The maximum atomic E-state index is 13.5. The van der Waals surface area contributed by atoms with E-state index in [9.17, 15) is 9.18 Å². The van der Waals surface area contributed by atoms with E-state index in [1.54, 1.807) is 12.1 Å². The van der Waals surface area contributed by atoms with E-state index in [4.69, 9.17) is 0 Å². The summed E-state index contributed by atoms with van der Waals surface area (Å²) in [7, 11) is 0. The van der Waals surface area contributed by atoms with Crippen LogP contribution < -0.4 is 10.6 Å². The number of amides is 1. The number of carbonyl (C=O) groups excluding carboxylic acids is 1. The van der Waals surface area contributed by atoms with Crippen LogP contribution in [0.25, 0.3) is 10.9 Å². The van der Waals surface area contributed by atoms with Crippen LogP contribution in [-0.4, -0.2) is 54.0 Å². The summed E-state index contributed by atoms with van der Waals surface area (Å²) in [4.78, 5) is 21.6. The van der Waals surface area contributed by atoms with E-state index in [1.165, 1.54) is 6.07 Å². The third-order valence-corrected chi connectivity index (χ3v) is 4.91. The fourth-order valence-electron chi connectivity index (χ4n) is 3.49. The maximum Gasteiger partial charge on any atom is 0.222 e. The van der Waals surface area contributed by atoms with E-state index in [2.05, 4.69) is 20.6 Å². The highest BCUT2D eigenvalue weighted by Gasteiger charge is 2.25. The summed E-state index contributed by atoms with van der Waals surface area (Å²) < 4.78 is 13.5. The molecule has 1 aliphatic rings. The van der Waals surface area contributed by atoms with Crippen molar-refractivity contribution in [2.75, 3.05) is 26.2 Å². The number of hydrogen-bond donors (Lipinski definition) is 3. The minimum Gasteiger partial charge on any atom is -0.361 e. The van der Waals surface area contributed by atoms with Gasteiger partial charge in [0.05, 0.1) is 0 Å². The van der Waals surface area contributed by atoms with Crippen molar-refractivity contribution in [3.63, 3.8) is 0 Å². The number of aromatic nitrogens is 1. The Morgan fingerprint density at radius 1 is 1.41 bits per heavy atom. The molecule has 1 unspecified atom stereocenters. The molecule has 1 saturated heterocycles. The smallest absolute Gasteiger partial charge is 0.222 e. The first-order valence-electron chi connectivity index (χ1n) is 9.68. The van der Waals surface area contributed by atoms with Crippen molar-refractivity contribution in [1.82, 2.24) is 20.5 Å². The van der Waals surface area contributed by atoms with Crippen molar-refractivity contribution in [2.24, 2.45) is 4.99 Å². The predicted octanol–water partition coefficient (Wildman–Crippen LogP) is 2.42. The highest BCUT2D eigenvalue weighted by Crippen LogP contribution is 2.19. The molecule has 0 saturated carbocycles. The van der Waals surface area contributed by atoms with Gasteiger partial charge in [0, 0.05) is 55.7 Å². The molecular weight excluding hydrogens is 345 g/mol. The lowest BCUT2D eigenvalue weighted by molar-refractivity contribution is -0.129. The lowest BCUT2D eigenvalue weighted by Gasteiger charge is -2.18. The summed E-state index contributed by atoms with van der Waals surface area (Å²) in [6.07, 6.45) is 4.13. The molecule has 2 heterocycles. The van der Waals surface area contributed by atoms with E-state index in [1.807, 2.05) is 24.9 Å². The number of aliphatic imine (C=N–C) groups is 1. The average molecular weight is 373 g/mol. The van der Waals surface area contributed by atoms with Crippen LogP contribution in [0.2, 0.25) is 0 Å². The number of hydrogen-bond acceptors (Lipinski definition) is 2. The van der Waals surface area contributed by atoms with Gasteiger partial charge in [-0.05, 0) is 43.5 Å². The van der Waals surface area contributed by atoms with Crippen molar-refractivity contribution in [1.29, 1.82) is 0 Å². The maximum absolute atomic E-state index is 13.5. The Morgan fingerprint density at radius 2 is 2.26 bits per heavy atom. The Kier molecular flexibility index (Phi) is 6.32. The fraction of sp³-hybridized carbons (Fsp3) is 0.500. The summed E-state index contributed by atoms with van der Waals surface area (Å²) >= 11 is 0. The molecule has 1 atom stereocenters. The van der Waals surface area contributed by atoms with Gasteiger partial charge in [0.1, 0.15) is 5.82 Å². The first kappa shape index (κ1) is 19.2. The topological polar surface area (TPSA) is 72.5 Å². The molecule has 0 aliphatic carbocycles. The Morgan fingerprint density at radius 3 is 3.04 bits per heavy atom. The van der Waals surface area contributed by atoms with Crippen LogP contribution >= 0.6 is 0 Å². The van der Waals surface area contributed by atoms with Crippen LogP contribution in [0.15, 0.2) is 29.4 Å². The van der Waals surface area contributed by atoms with Crippen LogP contribution in [0, 0.1) is 5.82 Å². The number of guanidine groups is 1. The number of H-pyrrole nitrogens is 1. The Labute approximate surface area is 159 Å².